The maximum absolute atomic E-state index is 11.7. The summed E-state index contributed by atoms with van der Waals surface area (Å²) in [6, 6.07) is 5.42. The second-order valence-electron chi connectivity index (χ2n) is 3.53. The van der Waals surface area contributed by atoms with Crippen LogP contribution < -0.4 is 0 Å². The number of aromatic nitrogens is 1. The second kappa shape index (κ2) is 5.38. The molecule has 0 aliphatic rings. The van der Waals surface area contributed by atoms with Gasteiger partial charge < -0.3 is 4.74 Å². The lowest BCUT2D eigenvalue weighted by atomic mass is 10.1. The van der Waals surface area contributed by atoms with Gasteiger partial charge in [-0.05, 0) is 25.1 Å². The van der Waals surface area contributed by atoms with Crippen LogP contribution in [0.15, 0.2) is 22.7 Å². The van der Waals surface area contributed by atoms with Crippen molar-refractivity contribution in [2.75, 3.05) is 7.11 Å². The van der Waals surface area contributed by atoms with Crippen molar-refractivity contribution < 1.29 is 9.53 Å². The number of halogens is 2. The Balaban J connectivity index is 2.63. The number of aryl methyl sites for hydroxylation is 1. The molecule has 0 radical (unpaired) electrons. The van der Waals surface area contributed by atoms with Gasteiger partial charge in [0.15, 0.2) is 5.69 Å². The molecule has 0 bridgehead atoms. The molecular formula is C12H9BrClNO2S. The van der Waals surface area contributed by atoms with Gasteiger partial charge in [0.1, 0.15) is 0 Å². The van der Waals surface area contributed by atoms with E-state index in [1.54, 1.807) is 12.1 Å². The molecule has 94 valence electrons. The molecule has 0 saturated carbocycles. The van der Waals surface area contributed by atoms with Crippen molar-refractivity contribution in [3.05, 3.63) is 38.4 Å². The Morgan fingerprint density at radius 3 is 2.89 bits per heavy atom. The number of nitrogens with zero attached hydrogens (tertiary/aromatic N) is 1. The molecule has 0 spiro atoms. The number of methoxy groups -OCH3 is 1. The molecule has 0 aliphatic carbocycles. The summed E-state index contributed by atoms with van der Waals surface area (Å²) in [5.74, 6) is -0.443. The van der Waals surface area contributed by atoms with E-state index in [1.165, 1.54) is 18.4 Å². The summed E-state index contributed by atoms with van der Waals surface area (Å²) >= 11 is 10.9. The highest BCUT2D eigenvalue weighted by atomic mass is 79.9. The predicted molar refractivity (Wildman–Crippen MR) is 76.3 cm³/mol. The molecule has 2 rings (SSSR count). The average Bonchev–Trinajstić information content (AvgIpc) is 2.73. The number of thiazole rings is 1. The summed E-state index contributed by atoms with van der Waals surface area (Å²) in [4.78, 5) is 16.7. The first-order valence-electron chi connectivity index (χ1n) is 5.04. The number of esters is 1. The van der Waals surface area contributed by atoms with E-state index >= 15 is 0 Å². The number of benzene rings is 1. The summed E-state index contributed by atoms with van der Waals surface area (Å²) in [6.07, 6.45) is 0. The van der Waals surface area contributed by atoms with E-state index < -0.39 is 5.97 Å². The third kappa shape index (κ3) is 2.58. The van der Waals surface area contributed by atoms with Crippen LogP contribution in [0.5, 0.6) is 0 Å². The summed E-state index contributed by atoms with van der Waals surface area (Å²) < 4.78 is 5.60. The molecule has 18 heavy (non-hydrogen) atoms. The number of carbonyl (C=O) groups is 1. The number of rotatable bonds is 2. The molecule has 3 nitrogen and oxygen atoms in total. The highest BCUT2D eigenvalue weighted by Crippen LogP contribution is 2.37. The topological polar surface area (TPSA) is 39.2 Å². The Morgan fingerprint density at radius 2 is 2.22 bits per heavy atom. The lowest BCUT2D eigenvalue weighted by molar-refractivity contribution is 0.0595. The normalized spacial score (nSPS) is 10.4. The number of ether oxygens (including phenoxy) is 1. The van der Waals surface area contributed by atoms with E-state index in [0.29, 0.717) is 10.7 Å². The zero-order chi connectivity index (χ0) is 13.3. The minimum Gasteiger partial charge on any atom is -0.464 e. The highest BCUT2D eigenvalue weighted by molar-refractivity contribution is 9.10. The molecule has 0 fully saturated rings. The zero-order valence-electron chi connectivity index (χ0n) is 9.66. The van der Waals surface area contributed by atoms with Crippen LogP contribution >= 0.6 is 38.9 Å². The SMILES string of the molecule is COC(=O)c1nc(C)sc1-c1cc(Cl)ccc1Br. The third-order valence-corrected chi connectivity index (χ3v) is 4.22. The first-order valence-corrected chi connectivity index (χ1v) is 7.03. The molecule has 1 heterocycles. The molecular weight excluding hydrogens is 338 g/mol. The Hall–Kier alpha value is -0.910. The van der Waals surface area contributed by atoms with Gasteiger partial charge in [-0.3, -0.25) is 0 Å². The van der Waals surface area contributed by atoms with Crippen LogP contribution in [-0.4, -0.2) is 18.1 Å². The van der Waals surface area contributed by atoms with Gasteiger partial charge in [0.25, 0.3) is 0 Å². The Morgan fingerprint density at radius 1 is 1.50 bits per heavy atom. The van der Waals surface area contributed by atoms with Crippen LogP contribution in [-0.2, 0) is 4.74 Å². The summed E-state index contributed by atoms with van der Waals surface area (Å²) in [5.41, 5.74) is 1.16. The van der Waals surface area contributed by atoms with Gasteiger partial charge in [0, 0.05) is 15.1 Å². The third-order valence-electron chi connectivity index (χ3n) is 2.29. The van der Waals surface area contributed by atoms with E-state index in [-0.39, 0.29) is 0 Å². The molecule has 0 N–H and O–H groups in total. The lowest BCUT2D eigenvalue weighted by Gasteiger charge is -2.04. The van der Waals surface area contributed by atoms with E-state index in [2.05, 4.69) is 20.9 Å². The Bertz CT molecular complexity index is 612. The summed E-state index contributed by atoms with van der Waals surface area (Å²) in [5, 5.41) is 1.41. The fourth-order valence-electron chi connectivity index (χ4n) is 1.52. The second-order valence-corrected chi connectivity index (χ2v) is 6.02. The molecule has 0 unspecified atom stereocenters. The van der Waals surface area contributed by atoms with Crippen molar-refractivity contribution in [3.63, 3.8) is 0 Å². The van der Waals surface area contributed by atoms with E-state index in [0.717, 1.165) is 19.9 Å². The number of carbonyl (C=O) groups excluding carboxylic acids is 1. The van der Waals surface area contributed by atoms with Gasteiger partial charge in [-0.25, -0.2) is 9.78 Å². The first-order chi connectivity index (χ1) is 8.52. The van der Waals surface area contributed by atoms with Crippen molar-refractivity contribution >= 4 is 44.8 Å². The van der Waals surface area contributed by atoms with Crippen LogP contribution in [0.1, 0.15) is 15.5 Å². The number of hydrogen-bond donors (Lipinski definition) is 0. The van der Waals surface area contributed by atoms with Gasteiger partial charge >= 0.3 is 5.97 Å². The quantitative estimate of drug-likeness (QED) is 0.760. The van der Waals surface area contributed by atoms with Gasteiger partial charge in [-0.2, -0.15) is 0 Å². The van der Waals surface area contributed by atoms with Crippen molar-refractivity contribution in [1.82, 2.24) is 4.98 Å². The van der Waals surface area contributed by atoms with Crippen LogP contribution in [0.4, 0.5) is 0 Å². The lowest BCUT2D eigenvalue weighted by Crippen LogP contribution is -2.03. The Kier molecular flexibility index (Phi) is 4.04. The van der Waals surface area contributed by atoms with E-state index in [4.69, 9.17) is 16.3 Å². The minimum absolute atomic E-state index is 0.322. The van der Waals surface area contributed by atoms with Gasteiger partial charge in [0.05, 0.1) is 17.0 Å². The minimum atomic E-state index is -0.443. The van der Waals surface area contributed by atoms with Crippen molar-refractivity contribution in [2.24, 2.45) is 0 Å². The summed E-state index contributed by atoms with van der Waals surface area (Å²) in [7, 11) is 1.34. The molecule has 1 aromatic carbocycles. The maximum Gasteiger partial charge on any atom is 0.358 e. The van der Waals surface area contributed by atoms with Crippen LogP contribution in [0.3, 0.4) is 0 Å². The molecule has 0 atom stereocenters. The van der Waals surface area contributed by atoms with Crippen LogP contribution in [0, 0.1) is 6.92 Å². The largest absolute Gasteiger partial charge is 0.464 e. The van der Waals surface area contributed by atoms with E-state index in [1.807, 2.05) is 13.0 Å². The van der Waals surface area contributed by atoms with Crippen molar-refractivity contribution in [3.8, 4) is 10.4 Å². The predicted octanol–water partition coefficient (Wildman–Crippen LogP) is 4.32. The van der Waals surface area contributed by atoms with Gasteiger partial charge in [0.2, 0.25) is 0 Å². The van der Waals surface area contributed by atoms with Gasteiger partial charge in [-0.15, -0.1) is 11.3 Å². The fraction of sp³-hybridized carbons (Fsp3) is 0.167. The highest BCUT2D eigenvalue weighted by Gasteiger charge is 2.20. The van der Waals surface area contributed by atoms with Crippen LogP contribution in [0.2, 0.25) is 5.02 Å². The molecule has 0 aliphatic heterocycles. The van der Waals surface area contributed by atoms with Crippen molar-refractivity contribution in [2.45, 2.75) is 6.92 Å². The van der Waals surface area contributed by atoms with E-state index in [9.17, 15) is 4.79 Å². The van der Waals surface area contributed by atoms with Crippen LogP contribution in [0.25, 0.3) is 10.4 Å². The number of hydrogen-bond acceptors (Lipinski definition) is 4. The molecule has 0 amide bonds. The van der Waals surface area contributed by atoms with Gasteiger partial charge in [-0.1, -0.05) is 27.5 Å². The molecule has 1 aromatic heterocycles. The average molecular weight is 347 g/mol. The molecule has 2 aromatic rings. The summed E-state index contributed by atoms with van der Waals surface area (Å²) in [6.45, 7) is 1.85. The molecule has 0 saturated heterocycles. The fourth-order valence-corrected chi connectivity index (χ4v) is 3.20. The standard InChI is InChI=1S/C12H9BrClNO2S/c1-6-15-10(12(16)17-2)11(18-6)8-5-7(14)3-4-9(8)13/h3-5H,1-2H3. The maximum atomic E-state index is 11.7. The smallest absolute Gasteiger partial charge is 0.358 e. The van der Waals surface area contributed by atoms with Crippen molar-refractivity contribution in [1.29, 1.82) is 0 Å². The molecule has 6 heteroatoms. The monoisotopic (exact) mass is 345 g/mol. The zero-order valence-corrected chi connectivity index (χ0v) is 12.8. The first kappa shape index (κ1) is 13.5. The Labute approximate surface area is 122 Å².